The van der Waals surface area contributed by atoms with Gasteiger partial charge in [0.2, 0.25) is 5.95 Å². The fourth-order valence-electron chi connectivity index (χ4n) is 1.25. The van der Waals surface area contributed by atoms with E-state index in [9.17, 15) is 9.59 Å². The molecule has 0 aliphatic rings. The lowest BCUT2D eigenvalue weighted by Crippen LogP contribution is -2.25. The predicted molar refractivity (Wildman–Crippen MR) is 67.6 cm³/mol. The number of nitrogens with zero attached hydrogens (tertiary/aromatic N) is 3. The fraction of sp³-hybridized carbons (Fsp3) is 0.400. The molecule has 0 atom stereocenters. The molecular formula is C10H15N5O4. The number of carboxylic acids is 1. The Bertz CT molecular complexity index is 618. The Balaban J connectivity index is 0.000000312. The van der Waals surface area contributed by atoms with E-state index in [0.717, 1.165) is 0 Å². The van der Waals surface area contributed by atoms with Crippen molar-refractivity contribution >= 4 is 23.1 Å². The molecule has 2 aromatic heterocycles. The minimum atomic E-state index is -0.745. The Labute approximate surface area is 107 Å². The van der Waals surface area contributed by atoms with E-state index in [2.05, 4.69) is 15.0 Å². The summed E-state index contributed by atoms with van der Waals surface area (Å²) in [5.74, 6) is -0.675. The molecular weight excluding hydrogens is 254 g/mol. The van der Waals surface area contributed by atoms with Crippen molar-refractivity contribution in [3.8, 4) is 0 Å². The molecule has 5 N–H and O–H groups in total. The molecule has 0 aliphatic heterocycles. The summed E-state index contributed by atoms with van der Waals surface area (Å²) in [6, 6.07) is 0. The van der Waals surface area contributed by atoms with Gasteiger partial charge >= 0.3 is 5.97 Å². The summed E-state index contributed by atoms with van der Waals surface area (Å²) in [4.78, 5) is 31.5. The monoisotopic (exact) mass is 269 g/mol. The summed E-state index contributed by atoms with van der Waals surface area (Å²) in [5, 5.41) is 16.4. The van der Waals surface area contributed by atoms with Gasteiger partial charge in [0.1, 0.15) is 0 Å². The number of aromatic amines is 1. The zero-order valence-electron chi connectivity index (χ0n) is 10.3. The van der Waals surface area contributed by atoms with E-state index < -0.39 is 5.97 Å². The highest BCUT2D eigenvalue weighted by Gasteiger charge is 2.09. The van der Waals surface area contributed by atoms with Crippen LogP contribution in [-0.4, -0.2) is 42.3 Å². The molecule has 0 fully saturated rings. The summed E-state index contributed by atoms with van der Waals surface area (Å²) >= 11 is 0. The van der Waals surface area contributed by atoms with Crippen molar-refractivity contribution in [2.75, 3.05) is 12.3 Å². The highest BCUT2D eigenvalue weighted by Crippen LogP contribution is 2.03. The maximum atomic E-state index is 11.6. The highest BCUT2D eigenvalue weighted by atomic mass is 16.4. The third-order valence-electron chi connectivity index (χ3n) is 2.20. The maximum Gasteiger partial charge on any atom is 0.303 e. The Kier molecular flexibility index (Phi) is 5.01. The topological polar surface area (TPSA) is 147 Å². The number of aromatic nitrogens is 4. The highest BCUT2D eigenvalue weighted by molar-refractivity contribution is 5.69. The van der Waals surface area contributed by atoms with Crippen molar-refractivity contribution in [2.45, 2.75) is 19.9 Å². The van der Waals surface area contributed by atoms with Crippen molar-refractivity contribution in [1.29, 1.82) is 0 Å². The first-order chi connectivity index (χ1) is 9.01. The second-order valence-corrected chi connectivity index (χ2v) is 3.50. The van der Waals surface area contributed by atoms with Crippen LogP contribution in [0.4, 0.5) is 5.95 Å². The molecule has 0 spiro atoms. The van der Waals surface area contributed by atoms with Gasteiger partial charge in [-0.05, 0) is 0 Å². The van der Waals surface area contributed by atoms with E-state index in [1.807, 2.05) is 0 Å². The minimum Gasteiger partial charge on any atom is -0.481 e. The van der Waals surface area contributed by atoms with E-state index in [-0.39, 0.29) is 36.6 Å². The number of fused-ring (bicyclic) bond motifs is 1. The number of imidazole rings is 1. The third-order valence-corrected chi connectivity index (χ3v) is 2.20. The minimum absolute atomic E-state index is 0.0702. The van der Waals surface area contributed by atoms with Crippen LogP contribution in [0.1, 0.15) is 13.3 Å². The first-order valence-corrected chi connectivity index (χ1v) is 5.53. The normalized spacial score (nSPS) is 10.0. The fourth-order valence-corrected chi connectivity index (χ4v) is 1.25. The van der Waals surface area contributed by atoms with E-state index in [1.165, 1.54) is 10.9 Å². The van der Waals surface area contributed by atoms with Crippen LogP contribution in [0, 0.1) is 0 Å². The van der Waals surface area contributed by atoms with E-state index in [1.54, 1.807) is 6.92 Å². The molecule has 0 aromatic carbocycles. The number of carboxylic acid groups (broad SMARTS) is 1. The number of aliphatic hydroxyl groups excluding tert-OH is 1. The molecule has 0 unspecified atom stereocenters. The molecule has 19 heavy (non-hydrogen) atoms. The zero-order chi connectivity index (χ0) is 14.4. The van der Waals surface area contributed by atoms with Gasteiger partial charge in [0.25, 0.3) is 5.56 Å². The number of rotatable bonds is 3. The summed E-state index contributed by atoms with van der Waals surface area (Å²) in [5.41, 5.74) is 5.77. The molecule has 9 nitrogen and oxygen atoms in total. The smallest absolute Gasteiger partial charge is 0.303 e. The first kappa shape index (κ1) is 14.6. The Morgan fingerprint density at radius 3 is 2.74 bits per heavy atom. The lowest BCUT2D eigenvalue weighted by atomic mass is 10.5. The number of H-pyrrole nitrogens is 1. The van der Waals surface area contributed by atoms with Crippen LogP contribution in [0.3, 0.4) is 0 Å². The molecule has 2 aromatic rings. The summed E-state index contributed by atoms with van der Waals surface area (Å²) in [6.07, 6.45) is 1.60. The van der Waals surface area contributed by atoms with Crippen LogP contribution in [-0.2, 0) is 11.3 Å². The van der Waals surface area contributed by atoms with Crippen LogP contribution < -0.4 is 11.3 Å². The average molecular weight is 269 g/mol. The van der Waals surface area contributed by atoms with Crippen molar-refractivity contribution in [3.05, 3.63) is 16.7 Å². The van der Waals surface area contributed by atoms with Crippen molar-refractivity contribution < 1.29 is 15.0 Å². The van der Waals surface area contributed by atoms with Crippen LogP contribution in [0.5, 0.6) is 0 Å². The van der Waals surface area contributed by atoms with Crippen LogP contribution >= 0.6 is 0 Å². The second-order valence-electron chi connectivity index (χ2n) is 3.50. The van der Waals surface area contributed by atoms with Gasteiger partial charge in [0.15, 0.2) is 11.2 Å². The largest absolute Gasteiger partial charge is 0.481 e. The number of nitrogens with one attached hydrogen (secondary N) is 1. The van der Waals surface area contributed by atoms with Crippen molar-refractivity contribution in [3.63, 3.8) is 0 Å². The van der Waals surface area contributed by atoms with Gasteiger partial charge in [-0.15, -0.1) is 0 Å². The van der Waals surface area contributed by atoms with Gasteiger partial charge in [0, 0.05) is 6.42 Å². The molecule has 104 valence electrons. The molecule has 0 saturated carbocycles. The number of nitrogen functional groups attached to an aromatic ring is 1. The number of anilines is 1. The summed E-state index contributed by atoms with van der Waals surface area (Å²) in [7, 11) is 0. The molecule has 0 aliphatic carbocycles. The molecule has 0 saturated heterocycles. The lowest BCUT2D eigenvalue weighted by Gasteiger charge is -2.05. The quantitative estimate of drug-likeness (QED) is 0.568. The number of hydrogen-bond donors (Lipinski definition) is 4. The van der Waals surface area contributed by atoms with E-state index in [4.69, 9.17) is 15.9 Å². The predicted octanol–water partition coefficient (Wildman–Crippen LogP) is -0.825. The molecule has 2 heterocycles. The Morgan fingerprint density at radius 1 is 1.58 bits per heavy atom. The van der Waals surface area contributed by atoms with Crippen molar-refractivity contribution in [2.24, 2.45) is 0 Å². The number of aliphatic carboxylic acids is 1. The van der Waals surface area contributed by atoms with Gasteiger partial charge in [-0.2, -0.15) is 4.98 Å². The molecule has 0 radical (unpaired) electrons. The molecule has 0 bridgehead atoms. The lowest BCUT2D eigenvalue weighted by molar-refractivity contribution is -0.136. The van der Waals surface area contributed by atoms with Gasteiger partial charge in [-0.3, -0.25) is 14.2 Å². The summed E-state index contributed by atoms with van der Waals surface area (Å²) < 4.78 is 1.18. The van der Waals surface area contributed by atoms with Crippen LogP contribution in [0.15, 0.2) is 11.1 Å². The first-order valence-electron chi connectivity index (χ1n) is 5.53. The summed E-state index contributed by atoms with van der Waals surface area (Å²) in [6.45, 7) is 1.56. The Morgan fingerprint density at radius 2 is 2.21 bits per heavy atom. The maximum absolute atomic E-state index is 11.6. The Hall–Kier alpha value is -2.42. The SMILES string of the molecule is CCC(=O)O.Nc1nc2[nH]cnc2c(=O)n1CCO. The number of hydrogen-bond acceptors (Lipinski definition) is 6. The van der Waals surface area contributed by atoms with Gasteiger partial charge in [-0.1, -0.05) is 6.92 Å². The van der Waals surface area contributed by atoms with Gasteiger partial charge < -0.3 is 20.9 Å². The van der Waals surface area contributed by atoms with Crippen LogP contribution in [0.2, 0.25) is 0 Å². The molecule has 2 rings (SSSR count). The van der Waals surface area contributed by atoms with Gasteiger partial charge in [-0.25, -0.2) is 4.98 Å². The van der Waals surface area contributed by atoms with Crippen LogP contribution in [0.25, 0.3) is 11.2 Å². The molecule has 0 amide bonds. The third kappa shape index (κ3) is 3.52. The number of aliphatic hydroxyl groups is 1. The number of nitrogens with two attached hydrogens (primary N) is 1. The standard InChI is InChI=1S/C7H9N5O2.C3H6O2/c8-7-11-5-4(9-3-10-5)6(14)12(7)1-2-13;1-2-3(4)5/h3,13H,1-2H2,(H2,8,11)(H,9,10);2H2,1H3,(H,4,5). The van der Waals surface area contributed by atoms with E-state index >= 15 is 0 Å². The second kappa shape index (κ2) is 6.50. The van der Waals surface area contributed by atoms with Gasteiger partial charge in [0.05, 0.1) is 19.5 Å². The van der Waals surface area contributed by atoms with E-state index in [0.29, 0.717) is 5.65 Å². The number of carbonyl (C=O) groups is 1. The average Bonchev–Trinajstić information content (AvgIpc) is 2.83. The van der Waals surface area contributed by atoms with Crippen molar-refractivity contribution in [1.82, 2.24) is 19.5 Å². The zero-order valence-corrected chi connectivity index (χ0v) is 10.3. The molecule has 9 heteroatoms.